The van der Waals surface area contributed by atoms with Gasteiger partial charge < -0.3 is 14.5 Å². The Morgan fingerprint density at radius 3 is 2.75 bits per heavy atom. The first-order valence-corrected chi connectivity index (χ1v) is 7.91. The van der Waals surface area contributed by atoms with Crippen LogP contribution in [0.15, 0.2) is 5.51 Å². The molecule has 2 aliphatic rings. The lowest BCUT2D eigenvalue weighted by molar-refractivity contribution is 0.0219. The van der Waals surface area contributed by atoms with Crippen LogP contribution < -0.4 is 4.90 Å². The highest BCUT2D eigenvalue weighted by Gasteiger charge is 2.52. The van der Waals surface area contributed by atoms with Crippen molar-refractivity contribution in [2.75, 3.05) is 18.0 Å². The van der Waals surface area contributed by atoms with Crippen molar-refractivity contribution in [1.82, 2.24) is 9.88 Å². The molecule has 110 valence electrons. The van der Waals surface area contributed by atoms with Crippen LogP contribution in [0, 0.1) is 6.92 Å². The molecule has 1 aliphatic heterocycles. The van der Waals surface area contributed by atoms with E-state index in [-0.39, 0.29) is 6.09 Å². The van der Waals surface area contributed by atoms with Gasteiger partial charge in [-0.25, -0.2) is 9.78 Å². The molecule has 0 N–H and O–H groups in total. The van der Waals surface area contributed by atoms with Crippen molar-refractivity contribution in [3.05, 3.63) is 11.2 Å². The van der Waals surface area contributed by atoms with Crippen LogP contribution in [0.4, 0.5) is 9.80 Å². The van der Waals surface area contributed by atoms with Gasteiger partial charge in [-0.3, -0.25) is 0 Å². The molecule has 2 heterocycles. The third-order valence-corrected chi connectivity index (χ3v) is 4.68. The Labute approximate surface area is 123 Å². The third kappa shape index (κ3) is 2.49. The Morgan fingerprint density at radius 2 is 2.15 bits per heavy atom. The summed E-state index contributed by atoms with van der Waals surface area (Å²) in [7, 11) is 0. The van der Waals surface area contributed by atoms with Gasteiger partial charge in [-0.15, -0.1) is 11.3 Å². The molecule has 1 saturated heterocycles. The van der Waals surface area contributed by atoms with Crippen molar-refractivity contribution in [3.8, 4) is 0 Å². The smallest absolute Gasteiger partial charge is 0.410 e. The molecule has 2 fully saturated rings. The maximum atomic E-state index is 12.2. The Kier molecular flexibility index (Phi) is 3.16. The molecule has 1 aromatic rings. The Balaban J connectivity index is 1.67. The molecule has 1 amide bonds. The number of aromatic nitrogens is 1. The summed E-state index contributed by atoms with van der Waals surface area (Å²) in [6, 6.07) is 0.746. The molecule has 0 spiro atoms. The molecule has 0 bridgehead atoms. The summed E-state index contributed by atoms with van der Waals surface area (Å²) in [5.74, 6) is 0. The third-order valence-electron chi connectivity index (χ3n) is 3.72. The summed E-state index contributed by atoms with van der Waals surface area (Å²) in [6.07, 6.45) is 0.863. The highest BCUT2D eigenvalue weighted by Crippen LogP contribution is 2.42. The molecule has 0 radical (unpaired) electrons. The van der Waals surface area contributed by atoms with Crippen LogP contribution in [0.5, 0.6) is 0 Å². The number of aryl methyl sites for hydroxylation is 1. The summed E-state index contributed by atoms with van der Waals surface area (Å²) in [4.78, 5) is 20.8. The van der Waals surface area contributed by atoms with Gasteiger partial charge in [0.1, 0.15) is 10.6 Å². The lowest BCUT2D eigenvalue weighted by atomic mass is 10.2. The topological polar surface area (TPSA) is 45.7 Å². The molecule has 0 aromatic carbocycles. The SMILES string of the molecule is Cc1ncsc1N1CCN(C(=O)OC(C)(C)C)C2CC21. The van der Waals surface area contributed by atoms with Crippen LogP contribution in [0.25, 0.3) is 0 Å². The number of carbonyl (C=O) groups is 1. The predicted octanol–water partition coefficient (Wildman–Crippen LogP) is 2.65. The van der Waals surface area contributed by atoms with E-state index in [1.54, 1.807) is 11.3 Å². The second-order valence-corrected chi connectivity index (χ2v) is 7.31. The van der Waals surface area contributed by atoms with Crippen LogP contribution in [-0.4, -0.2) is 46.8 Å². The highest BCUT2D eigenvalue weighted by atomic mass is 32.1. The van der Waals surface area contributed by atoms with Gasteiger partial charge in [0.25, 0.3) is 0 Å². The van der Waals surface area contributed by atoms with Gasteiger partial charge in [0.05, 0.1) is 23.3 Å². The van der Waals surface area contributed by atoms with Gasteiger partial charge >= 0.3 is 6.09 Å². The van der Waals surface area contributed by atoms with E-state index in [4.69, 9.17) is 4.74 Å². The van der Waals surface area contributed by atoms with Gasteiger partial charge in [-0.05, 0) is 34.1 Å². The molecular weight excluding hydrogens is 274 g/mol. The number of nitrogens with zero attached hydrogens (tertiary/aromatic N) is 3. The van der Waals surface area contributed by atoms with Gasteiger partial charge in [0, 0.05) is 13.1 Å². The summed E-state index contributed by atoms with van der Waals surface area (Å²) in [5.41, 5.74) is 2.56. The van der Waals surface area contributed by atoms with Gasteiger partial charge in [-0.2, -0.15) is 0 Å². The standard InChI is InChI=1S/C14H21N3O2S/c1-9-12(20-8-15-9)16-5-6-17(11-7-10(11)16)13(18)19-14(2,3)4/h8,10-11H,5-7H2,1-4H3. The van der Waals surface area contributed by atoms with Crippen molar-refractivity contribution in [3.63, 3.8) is 0 Å². The maximum absolute atomic E-state index is 12.2. The van der Waals surface area contributed by atoms with Crippen molar-refractivity contribution >= 4 is 22.4 Å². The zero-order chi connectivity index (χ0) is 14.5. The molecule has 1 aromatic heterocycles. The minimum Gasteiger partial charge on any atom is -0.444 e. The first-order valence-electron chi connectivity index (χ1n) is 7.03. The fourth-order valence-corrected chi connectivity index (χ4v) is 3.65. The van der Waals surface area contributed by atoms with E-state index in [2.05, 4.69) is 9.88 Å². The zero-order valence-electron chi connectivity index (χ0n) is 12.4. The van der Waals surface area contributed by atoms with Crippen LogP contribution in [-0.2, 0) is 4.74 Å². The van der Waals surface area contributed by atoms with Crippen molar-refractivity contribution < 1.29 is 9.53 Å². The summed E-state index contributed by atoms with van der Waals surface area (Å²) in [5, 5.41) is 1.25. The number of thiazole rings is 1. The number of hydrogen-bond acceptors (Lipinski definition) is 5. The van der Waals surface area contributed by atoms with Gasteiger partial charge in [0.2, 0.25) is 0 Å². The monoisotopic (exact) mass is 295 g/mol. The Hall–Kier alpha value is -1.30. The highest BCUT2D eigenvalue weighted by molar-refractivity contribution is 7.14. The molecule has 1 aliphatic carbocycles. The Bertz CT molecular complexity index is 523. The number of anilines is 1. The number of carbonyl (C=O) groups excluding carboxylic acids is 1. The van der Waals surface area contributed by atoms with Crippen LogP contribution >= 0.6 is 11.3 Å². The lowest BCUT2D eigenvalue weighted by Crippen LogP contribution is -2.50. The molecule has 2 unspecified atom stereocenters. The normalized spacial score (nSPS) is 25.4. The first-order chi connectivity index (χ1) is 9.37. The number of amides is 1. The first kappa shape index (κ1) is 13.7. The van der Waals surface area contributed by atoms with Crippen LogP contribution in [0.2, 0.25) is 0 Å². The minimum absolute atomic E-state index is 0.175. The minimum atomic E-state index is -0.424. The molecular formula is C14H21N3O2S. The average Bonchev–Trinajstić information content (AvgIpc) is 3.02. The number of piperazine rings is 1. The molecule has 3 rings (SSSR count). The Morgan fingerprint density at radius 1 is 1.40 bits per heavy atom. The van der Waals surface area contributed by atoms with E-state index in [1.807, 2.05) is 38.1 Å². The maximum Gasteiger partial charge on any atom is 0.410 e. The number of rotatable bonds is 1. The summed E-state index contributed by atoms with van der Waals surface area (Å²) < 4.78 is 5.48. The van der Waals surface area contributed by atoms with E-state index < -0.39 is 5.60 Å². The number of fused-ring (bicyclic) bond motifs is 1. The van der Waals surface area contributed by atoms with Crippen molar-refractivity contribution in [2.24, 2.45) is 0 Å². The fourth-order valence-electron chi connectivity index (χ4n) is 2.76. The summed E-state index contributed by atoms with van der Waals surface area (Å²) in [6.45, 7) is 9.37. The molecule has 2 atom stereocenters. The fraction of sp³-hybridized carbons (Fsp3) is 0.714. The van der Waals surface area contributed by atoms with E-state index in [0.717, 1.165) is 25.2 Å². The lowest BCUT2D eigenvalue weighted by Gasteiger charge is -2.35. The predicted molar refractivity (Wildman–Crippen MR) is 79.3 cm³/mol. The van der Waals surface area contributed by atoms with E-state index >= 15 is 0 Å². The van der Waals surface area contributed by atoms with Gasteiger partial charge in [0.15, 0.2) is 0 Å². The zero-order valence-corrected chi connectivity index (χ0v) is 13.2. The number of hydrogen-bond donors (Lipinski definition) is 0. The van der Waals surface area contributed by atoms with Crippen LogP contribution in [0.1, 0.15) is 32.9 Å². The average molecular weight is 295 g/mol. The van der Waals surface area contributed by atoms with E-state index in [1.165, 1.54) is 5.00 Å². The quantitative estimate of drug-likeness (QED) is 0.799. The van der Waals surface area contributed by atoms with Crippen LogP contribution in [0.3, 0.4) is 0 Å². The molecule has 20 heavy (non-hydrogen) atoms. The van der Waals surface area contributed by atoms with E-state index in [0.29, 0.717) is 12.1 Å². The van der Waals surface area contributed by atoms with Gasteiger partial charge in [-0.1, -0.05) is 0 Å². The molecule has 6 heteroatoms. The second-order valence-electron chi connectivity index (χ2n) is 6.48. The van der Waals surface area contributed by atoms with Crippen molar-refractivity contribution in [2.45, 2.75) is 51.8 Å². The van der Waals surface area contributed by atoms with E-state index in [9.17, 15) is 4.79 Å². The summed E-state index contributed by atoms with van der Waals surface area (Å²) >= 11 is 1.69. The number of ether oxygens (including phenoxy) is 1. The largest absolute Gasteiger partial charge is 0.444 e. The molecule has 1 saturated carbocycles. The second kappa shape index (κ2) is 4.62. The van der Waals surface area contributed by atoms with Crippen molar-refractivity contribution in [1.29, 1.82) is 0 Å². The molecule has 5 nitrogen and oxygen atoms in total.